The van der Waals surface area contributed by atoms with Gasteiger partial charge in [-0.15, -0.1) is 12.4 Å². The summed E-state index contributed by atoms with van der Waals surface area (Å²) in [7, 11) is 0. The second-order valence-electron chi connectivity index (χ2n) is 8.71. The fourth-order valence-electron chi connectivity index (χ4n) is 4.38. The maximum absolute atomic E-state index is 14.5. The van der Waals surface area contributed by atoms with Gasteiger partial charge < -0.3 is 29.4 Å². The number of carbonyl (C=O) groups is 1. The number of piperidine rings is 1. The minimum atomic E-state index is -0.596. The average molecular weight is 526 g/mol. The van der Waals surface area contributed by atoms with Gasteiger partial charge in [-0.25, -0.2) is 9.37 Å². The summed E-state index contributed by atoms with van der Waals surface area (Å²) in [6.45, 7) is 2.47. The van der Waals surface area contributed by atoms with Crippen LogP contribution < -0.4 is 20.1 Å². The molecule has 4 heterocycles. The van der Waals surface area contributed by atoms with Gasteiger partial charge in [0.05, 0.1) is 6.20 Å². The van der Waals surface area contributed by atoms with Gasteiger partial charge in [0.1, 0.15) is 18.8 Å². The van der Waals surface area contributed by atoms with Crippen molar-refractivity contribution in [1.29, 1.82) is 0 Å². The molecule has 6 rings (SSSR count). The molecule has 11 heteroatoms. The van der Waals surface area contributed by atoms with Gasteiger partial charge in [0, 0.05) is 35.9 Å². The van der Waals surface area contributed by atoms with Crippen LogP contribution in [0.5, 0.6) is 11.5 Å². The lowest BCUT2D eigenvalue weighted by Gasteiger charge is -2.25. The standard InChI is InChI=1S/C26H24FN5O4.ClH/c27-19-15-28-26(31-24(19)29-18-5-7-21-22(14-18)35-11-10-34-21)30-17-4-6-20-16(12-17)13-23(36-20)25(33)32-8-2-1-3-9-32;/h4-7,12-15H,1-3,8-11H2,(H2,28,29,30,31);1H. The monoisotopic (exact) mass is 525 g/mol. The number of likely N-dealkylation sites (tertiary alicyclic amines) is 1. The summed E-state index contributed by atoms with van der Waals surface area (Å²) in [4.78, 5) is 23.0. The van der Waals surface area contributed by atoms with Gasteiger partial charge in [-0.2, -0.15) is 4.98 Å². The van der Waals surface area contributed by atoms with Gasteiger partial charge in [-0.3, -0.25) is 4.79 Å². The largest absolute Gasteiger partial charge is 0.486 e. The molecule has 1 fully saturated rings. The second-order valence-corrected chi connectivity index (χ2v) is 8.71. The number of halogens is 2. The first-order valence-electron chi connectivity index (χ1n) is 11.9. The molecule has 4 aromatic rings. The number of furan rings is 1. The smallest absolute Gasteiger partial charge is 0.289 e. The van der Waals surface area contributed by atoms with E-state index in [2.05, 4.69) is 20.6 Å². The fourth-order valence-corrected chi connectivity index (χ4v) is 4.38. The van der Waals surface area contributed by atoms with Crippen molar-refractivity contribution in [2.75, 3.05) is 36.9 Å². The molecule has 0 atom stereocenters. The quantitative estimate of drug-likeness (QED) is 0.344. The van der Waals surface area contributed by atoms with E-state index in [1.807, 2.05) is 11.0 Å². The van der Waals surface area contributed by atoms with E-state index in [1.165, 1.54) is 0 Å². The van der Waals surface area contributed by atoms with Gasteiger partial charge in [0.15, 0.2) is 28.9 Å². The lowest BCUT2D eigenvalue weighted by atomic mass is 10.1. The molecule has 1 amide bonds. The van der Waals surface area contributed by atoms with Gasteiger partial charge in [-0.1, -0.05) is 0 Å². The van der Waals surface area contributed by atoms with Gasteiger partial charge in [0.25, 0.3) is 5.91 Å². The highest BCUT2D eigenvalue weighted by Gasteiger charge is 2.22. The molecule has 2 aliphatic rings. The molecule has 0 saturated carbocycles. The van der Waals surface area contributed by atoms with E-state index in [1.54, 1.807) is 36.4 Å². The van der Waals surface area contributed by atoms with Crippen LogP contribution in [-0.4, -0.2) is 47.1 Å². The van der Waals surface area contributed by atoms with E-state index in [4.69, 9.17) is 13.9 Å². The summed E-state index contributed by atoms with van der Waals surface area (Å²) < 4.78 is 31.4. The molecule has 2 aromatic heterocycles. The van der Waals surface area contributed by atoms with Crippen LogP contribution in [0.15, 0.2) is 53.1 Å². The Kier molecular flexibility index (Phi) is 7.00. The summed E-state index contributed by atoms with van der Waals surface area (Å²) in [5.74, 6) is 1.11. The molecule has 0 aliphatic carbocycles. The Morgan fingerprint density at radius 3 is 2.51 bits per heavy atom. The van der Waals surface area contributed by atoms with Crippen molar-refractivity contribution < 1.29 is 23.1 Å². The normalized spacial score (nSPS) is 14.7. The molecule has 192 valence electrons. The third-order valence-corrected chi connectivity index (χ3v) is 6.18. The first kappa shape index (κ1) is 24.6. The van der Waals surface area contributed by atoms with Crippen molar-refractivity contribution in [3.8, 4) is 11.5 Å². The Bertz CT molecular complexity index is 1440. The Hall–Kier alpha value is -4.05. The van der Waals surface area contributed by atoms with E-state index in [-0.39, 0.29) is 30.1 Å². The molecule has 0 spiro atoms. The van der Waals surface area contributed by atoms with Crippen LogP contribution in [0.2, 0.25) is 0 Å². The minimum absolute atomic E-state index is 0. The van der Waals surface area contributed by atoms with Crippen molar-refractivity contribution in [3.05, 3.63) is 60.2 Å². The van der Waals surface area contributed by atoms with Crippen LogP contribution in [0.1, 0.15) is 29.8 Å². The van der Waals surface area contributed by atoms with Crippen LogP contribution in [0.3, 0.4) is 0 Å². The van der Waals surface area contributed by atoms with Crippen molar-refractivity contribution >= 4 is 52.4 Å². The highest BCUT2D eigenvalue weighted by Crippen LogP contribution is 2.34. The van der Waals surface area contributed by atoms with E-state index in [9.17, 15) is 9.18 Å². The average Bonchev–Trinajstić information content (AvgIpc) is 3.34. The van der Waals surface area contributed by atoms with Crippen molar-refractivity contribution in [3.63, 3.8) is 0 Å². The van der Waals surface area contributed by atoms with Crippen LogP contribution in [-0.2, 0) is 0 Å². The zero-order valence-electron chi connectivity index (χ0n) is 19.8. The van der Waals surface area contributed by atoms with Crippen LogP contribution in [0.4, 0.5) is 27.5 Å². The van der Waals surface area contributed by atoms with Gasteiger partial charge in [-0.05, 0) is 55.7 Å². The number of rotatable bonds is 5. The number of hydrogen-bond acceptors (Lipinski definition) is 8. The molecule has 1 saturated heterocycles. The summed E-state index contributed by atoms with van der Waals surface area (Å²) >= 11 is 0. The van der Waals surface area contributed by atoms with E-state index < -0.39 is 5.82 Å². The summed E-state index contributed by atoms with van der Waals surface area (Å²) in [5, 5.41) is 6.83. The number of nitrogens with one attached hydrogen (secondary N) is 2. The Labute approximate surface area is 218 Å². The summed E-state index contributed by atoms with van der Waals surface area (Å²) in [6.07, 6.45) is 4.28. The summed E-state index contributed by atoms with van der Waals surface area (Å²) in [6, 6.07) is 12.4. The topological polar surface area (TPSA) is 102 Å². The first-order valence-corrected chi connectivity index (χ1v) is 11.9. The molecule has 0 bridgehead atoms. The van der Waals surface area contributed by atoms with Crippen LogP contribution in [0, 0.1) is 5.82 Å². The Morgan fingerprint density at radius 1 is 0.919 bits per heavy atom. The molecule has 2 N–H and O–H groups in total. The van der Waals surface area contributed by atoms with Crippen molar-refractivity contribution in [1.82, 2.24) is 14.9 Å². The van der Waals surface area contributed by atoms with Crippen LogP contribution in [0.25, 0.3) is 11.0 Å². The maximum atomic E-state index is 14.5. The van der Waals surface area contributed by atoms with Crippen molar-refractivity contribution in [2.45, 2.75) is 19.3 Å². The molecule has 0 unspecified atom stereocenters. The number of benzene rings is 2. The number of ether oxygens (including phenoxy) is 2. The zero-order chi connectivity index (χ0) is 24.5. The number of hydrogen-bond donors (Lipinski definition) is 2. The first-order chi connectivity index (χ1) is 17.6. The molecule has 0 radical (unpaired) electrons. The van der Waals surface area contributed by atoms with E-state index >= 15 is 0 Å². The van der Waals surface area contributed by atoms with E-state index in [0.717, 1.165) is 43.9 Å². The number of aromatic nitrogens is 2. The molecule has 2 aliphatic heterocycles. The maximum Gasteiger partial charge on any atom is 0.289 e. The SMILES string of the molecule is Cl.O=C(c1cc2cc(Nc3ncc(F)c(Nc4ccc5c(c4)OCCO5)n3)ccc2o1)N1CCCCC1. The third-order valence-electron chi connectivity index (χ3n) is 6.18. The fraction of sp³-hybridized carbons (Fsp3) is 0.269. The Balaban J connectivity index is 0.00000280. The highest BCUT2D eigenvalue weighted by molar-refractivity contribution is 5.96. The number of carbonyl (C=O) groups excluding carboxylic acids is 1. The number of anilines is 4. The molecule has 2 aromatic carbocycles. The second kappa shape index (κ2) is 10.5. The lowest BCUT2D eigenvalue weighted by Crippen LogP contribution is -2.35. The zero-order valence-corrected chi connectivity index (χ0v) is 20.6. The third kappa shape index (κ3) is 5.24. The molecule has 37 heavy (non-hydrogen) atoms. The lowest BCUT2D eigenvalue weighted by molar-refractivity contribution is 0.0694. The number of amides is 1. The summed E-state index contributed by atoms with van der Waals surface area (Å²) in [5.41, 5.74) is 1.90. The van der Waals surface area contributed by atoms with Gasteiger partial charge in [0.2, 0.25) is 5.95 Å². The highest BCUT2D eigenvalue weighted by atomic mass is 35.5. The van der Waals surface area contributed by atoms with Gasteiger partial charge >= 0.3 is 0 Å². The van der Waals surface area contributed by atoms with Crippen molar-refractivity contribution in [2.24, 2.45) is 0 Å². The Morgan fingerprint density at radius 2 is 1.68 bits per heavy atom. The van der Waals surface area contributed by atoms with Crippen LogP contribution >= 0.6 is 12.4 Å². The number of fused-ring (bicyclic) bond motifs is 2. The number of nitrogens with zero attached hydrogens (tertiary/aromatic N) is 3. The molecular formula is C26H25ClFN5O4. The predicted octanol–water partition coefficient (Wildman–Crippen LogP) is 5.67. The minimum Gasteiger partial charge on any atom is -0.486 e. The predicted molar refractivity (Wildman–Crippen MR) is 139 cm³/mol. The van der Waals surface area contributed by atoms with E-state index in [0.29, 0.717) is 47.4 Å². The molecule has 9 nitrogen and oxygen atoms in total. The molecular weight excluding hydrogens is 501 g/mol.